The SMILES string of the molecule is C[C@@H](O)[C@H](NC(=O)CNC(=O)[C@H](Cc1nn[nH]n1)NC(=O)C(C)(C)C(=O)NCCc1cnc[nH]1)C(=O)N[C@@](C)(Cc1ccccc1F)C(=O)N[C@@H](C(=O)N[C@@H](CO)C(=O)NC(C=O)CC(=O)O)[C@@H](C)O. The molecule has 382 valence electrons. The number of amides is 8. The van der Waals surface area contributed by atoms with E-state index in [9.17, 15) is 63.3 Å². The first-order chi connectivity index (χ1) is 32.9. The van der Waals surface area contributed by atoms with Crippen molar-refractivity contribution in [3.05, 3.63) is 59.7 Å². The molecule has 0 fully saturated rings. The third kappa shape index (κ3) is 16.8. The lowest BCUT2D eigenvalue weighted by molar-refractivity contribution is -0.143. The Morgan fingerprint density at radius 2 is 1.49 bits per heavy atom. The van der Waals surface area contributed by atoms with Gasteiger partial charge in [0.2, 0.25) is 47.3 Å². The Hall–Kier alpha value is -7.79. The molecule has 8 amide bonds. The molecule has 8 atom stereocenters. The van der Waals surface area contributed by atoms with Crippen LogP contribution in [0.15, 0.2) is 36.8 Å². The average Bonchev–Trinajstić information content (AvgIpc) is 4.03. The molecule has 0 spiro atoms. The summed E-state index contributed by atoms with van der Waals surface area (Å²) in [6.07, 6.45) is -1.83. The van der Waals surface area contributed by atoms with E-state index in [2.05, 4.69) is 67.8 Å². The zero-order chi connectivity index (χ0) is 52.3. The number of imidazole rings is 1. The number of aromatic nitrogens is 6. The van der Waals surface area contributed by atoms with Gasteiger partial charge in [0.25, 0.3) is 0 Å². The second-order valence-electron chi connectivity index (χ2n) is 16.6. The van der Waals surface area contributed by atoms with Crippen molar-refractivity contribution in [3.8, 4) is 0 Å². The van der Waals surface area contributed by atoms with Crippen LogP contribution in [-0.4, -0.2) is 178 Å². The predicted octanol–water partition coefficient (Wildman–Crippen LogP) is -5.93. The molecule has 0 aliphatic rings. The van der Waals surface area contributed by atoms with Crippen molar-refractivity contribution >= 4 is 59.5 Å². The summed E-state index contributed by atoms with van der Waals surface area (Å²) in [6, 6.07) is -3.69. The Bertz CT molecular complexity index is 2310. The van der Waals surface area contributed by atoms with Gasteiger partial charge in [0.05, 0.1) is 44.1 Å². The highest BCUT2D eigenvalue weighted by atomic mass is 19.1. The molecular formula is C41H57FN14O14. The summed E-state index contributed by atoms with van der Waals surface area (Å²) < 4.78 is 15.1. The number of hydrogen-bond donors (Lipinski definition) is 14. The number of aliphatic hydroxyl groups is 3. The number of carbonyl (C=O) groups excluding carboxylic acids is 9. The summed E-state index contributed by atoms with van der Waals surface area (Å²) in [7, 11) is 0. The van der Waals surface area contributed by atoms with E-state index in [1.807, 2.05) is 5.32 Å². The van der Waals surface area contributed by atoms with Gasteiger partial charge in [0, 0.05) is 37.7 Å². The van der Waals surface area contributed by atoms with Gasteiger partial charge < -0.3 is 72.7 Å². The Kier molecular flexibility index (Phi) is 21.1. The van der Waals surface area contributed by atoms with Crippen molar-refractivity contribution < 1.29 is 72.8 Å². The minimum Gasteiger partial charge on any atom is -0.481 e. The summed E-state index contributed by atoms with van der Waals surface area (Å²) in [5, 5.41) is 71.4. The average molecular weight is 989 g/mol. The molecule has 1 aromatic carbocycles. The largest absolute Gasteiger partial charge is 0.481 e. The maximum Gasteiger partial charge on any atom is 0.305 e. The molecule has 0 saturated carbocycles. The molecule has 29 heteroatoms. The number of aromatic amines is 2. The number of carboxylic acid groups (broad SMARTS) is 1. The van der Waals surface area contributed by atoms with Gasteiger partial charge in [-0.1, -0.05) is 23.4 Å². The molecule has 0 saturated heterocycles. The number of nitrogens with one attached hydrogen (secondary N) is 10. The highest BCUT2D eigenvalue weighted by Gasteiger charge is 2.42. The van der Waals surface area contributed by atoms with Gasteiger partial charge in [-0.15, -0.1) is 10.2 Å². The van der Waals surface area contributed by atoms with E-state index in [-0.39, 0.29) is 30.6 Å². The van der Waals surface area contributed by atoms with E-state index >= 15 is 4.39 Å². The van der Waals surface area contributed by atoms with Gasteiger partial charge in [-0.2, -0.15) is 5.21 Å². The number of carboxylic acids is 1. The highest BCUT2D eigenvalue weighted by molar-refractivity contribution is 6.05. The van der Waals surface area contributed by atoms with Crippen molar-refractivity contribution in [2.45, 2.75) is 108 Å². The zero-order valence-corrected chi connectivity index (χ0v) is 38.6. The fourth-order valence-corrected chi connectivity index (χ4v) is 6.30. The molecule has 0 radical (unpaired) electrons. The number of hydrogen-bond acceptors (Lipinski definition) is 17. The highest BCUT2D eigenvalue weighted by Crippen LogP contribution is 2.19. The molecule has 2 aromatic heterocycles. The molecule has 14 N–H and O–H groups in total. The van der Waals surface area contributed by atoms with Crippen LogP contribution in [0, 0.1) is 11.2 Å². The van der Waals surface area contributed by atoms with Crippen molar-refractivity contribution in [2.24, 2.45) is 5.41 Å². The van der Waals surface area contributed by atoms with Crippen LogP contribution < -0.4 is 42.5 Å². The van der Waals surface area contributed by atoms with Crippen LogP contribution in [0.4, 0.5) is 4.39 Å². The topological polar surface area (TPSA) is 431 Å². The van der Waals surface area contributed by atoms with E-state index in [1.165, 1.54) is 38.4 Å². The third-order valence-electron chi connectivity index (χ3n) is 10.4. The molecule has 70 heavy (non-hydrogen) atoms. The number of halogens is 1. The summed E-state index contributed by atoms with van der Waals surface area (Å²) in [4.78, 5) is 136. The summed E-state index contributed by atoms with van der Waals surface area (Å²) >= 11 is 0. The van der Waals surface area contributed by atoms with Crippen LogP contribution in [0.5, 0.6) is 0 Å². The van der Waals surface area contributed by atoms with E-state index in [4.69, 9.17) is 5.11 Å². The lowest BCUT2D eigenvalue weighted by Gasteiger charge is -2.34. The van der Waals surface area contributed by atoms with Crippen molar-refractivity contribution in [3.63, 3.8) is 0 Å². The van der Waals surface area contributed by atoms with E-state index < -0.39 is 138 Å². The minimum absolute atomic E-state index is 0.0408. The second kappa shape index (κ2) is 26.1. The van der Waals surface area contributed by atoms with Crippen LogP contribution in [0.25, 0.3) is 0 Å². The molecule has 1 unspecified atom stereocenters. The number of tetrazole rings is 1. The van der Waals surface area contributed by atoms with Gasteiger partial charge in [-0.05, 0) is 46.2 Å². The van der Waals surface area contributed by atoms with Gasteiger partial charge in [-0.25, -0.2) is 9.37 Å². The summed E-state index contributed by atoms with van der Waals surface area (Å²) in [6.45, 7) is 4.02. The molecule has 0 aliphatic heterocycles. The Morgan fingerprint density at radius 3 is 2.06 bits per heavy atom. The molecular weight excluding hydrogens is 932 g/mol. The zero-order valence-electron chi connectivity index (χ0n) is 38.6. The number of aliphatic carboxylic acids is 1. The fraction of sp³-hybridized carbons (Fsp3) is 0.512. The maximum absolute atomic E-state index is 15.1. The standard InChI is InChI=1S/C41H57FN14O14/c1-20(59)31(35(66)48-27(18-58)34(65)47-24(17-57)12-30(62)63)51-39(70)41(5,14-22-8-6-7-9-25(22)42)52-36(67)32(21(2)60)50-29(61)16-45-33(64)26(13-28-53-55-56-54-28)49-38(69)40(3,4)37(68)44-11-10-23-15-43-19-46-23/h6-9,15,17,19-21,24,26-27,31-32,58-60H,10-14,16,18H2,1-5H3,(H,43,46)(H,44,68)(H,45,64)(H,47,65)(H,48,66)(H,49,69)(H,50,61)(H,51,70)(H,52,67)(H,62,63)(H,53,54,55,56)/t20-,21-,24?,26+,27+,31-,32+,41+/m1/s1. The Balaban J connectivity index is 1.78. The van der Waals surface area contributed by atoms with Gasteiger partial charge in [-0.3, -0.25) is 43.2 Å². The smallest absolute Gasteiger partial charge is 0.305 e. The summed E-state index contributed by atoms with van der Waals surface area (Å²) in [5.74, 6) is -11.0. The van der Waals surface area contributed by atoms with Gasteiger partial charge >= 0.3 is 5.97 Å². The quantitative estimate of drug-likeness (QED) is 0.0238. The van der Waals surface area contributed by atoms with E-state index in [1.54, 1.807) is 6.20 Å². The Labute approximate surface area is 397 Å². The first-order valence-electron chi connectivity index (χ1n) is 21.4. The lowest BCUT2D eigenvalue weighted by Crippen LogP contribution is -2.67. The number of benzene rings is 1. The van der Waals surface area contributed by atoms with Crippen LogP contribution in [0.1, 0.15) is 58.1 Å². The normalized spacial score (nSPS) is 15.1. The maximum atomic E-state index is 15.1. The minimum atomic E-state index is -2.29. The van der Waals surface area contributed by atoms with Gasteiger partial charge in [0.1, 0.15) is 47.2 Å². The molecule has 28 nitrogen and oxygen atoms in total. The van der Waals surface area contributed by atoms with Crippen LogP contribution in [0.2, 0.25) is 0 Å². The number of rotatable bonds is 28. The molecule has 3 rings (SSSR count). The van der Waals surface area contributed by atoms with Crippen molar-refractivity contribution in [1.29, 1.82) is 0 Å². The monoisotopic (exact) mass is 988 g/mol. The molecule has 0 aliphatic carbocycles. The third-order valence-corrected chi connectivity index (χ3v) is 10.4. The second-order valence-corrected chi connectivity index (χ2v) is 16.6. The Morgan fingerprint density at radius 1 is 0.814 bits per heavy atom. The number of aliphatic hydroxyl groups excluding tert-OH is 3. The summed E-state index contributed by atoms with van der Waals surface area (Å²) in [5.41, 5.74) is -3.44. The number of aldehydes is 1. The molecule has 3 aromatic rings. The number of H-pyrrole nitrogens is 2. The number of nitrogens with zero attached hydrogens (tertiary/aromatic N) is 4. The predicted molar refractivity (Wildman–Crippen MR) is 235 cm³/mol. The fourth-order valence-electron chi connectivity index (χ4n) is 6.30. The lowest BCUT2D eigenvalue weighted by atomic mass is 9.90. The van der Waals surface area contributed by atoms with Crippen LogP contribution >= 0.6 is 0 Å². The van der Waals surface area contributed by atoms with Crippen molar-refractivity contribution in [1.82, 2.24) is 73.1 Å². The van der Waals surface area contributed by atoms with E-state index in [0.29, 0.717) is 6.42 Å². The molecule has 0 bridgehead atoms. The molecule has 2 heterocycles. The number of carbonyl (C=O) groups is 10. The van der Waals surface area contributed by atoms with Crippen LogP contribution in [-0.2, 0) is 67.2 Å². The van der Waals surface area contributed by atoms with Crippen LogP contribution in [0.3, 0.4) is 0 Å². The van der Waals surface area contributed by atoms with Gasteiger partial charge in [0.15, 0.2) is 5.82 Å². The van der Waals surface area contributed by atoms with E-state index in [0.717, 1.165) is 32.5 Å². The first kappa shape index (κ1) is 56.5. The first-order valence-corrected chi connectivity index (χ1v) is 21.4. The van der Waals surface area contributed by atoms with Crippen molar-refractivity contribution in [2.75, 3.05) is 19.7 Å².